The van der Waals surface area contributed by atoms with Crippen molar-refractivity contribution in [1.29, 1.82) is 0 Å². The predicted molar refractivity (Wildman–Crippen MR) is 113 cm³/mol. The summed E-state index contributed by atoms with van der Waals surface area (Å²) < 4.78 is 54.7. The lowest BCUT2D eigenvalue weighted by Gasteiger charge is -2.26. The van der Waals surface area contributed by atoms with E-state index in [4.69, 9.17) is 0 Å². The number of anilines is 1. The summed E-state index contributed by atoms with van der Waals surface area (Å²) >= 11 is 0. The average Bonchev–Trinajstić information content (AvgIpc) is 2.74. The van der Waals surface area contributed by atoms with Gasteiger partial charge < -0.3 is 15.5 Å². The van der Waals surface area contributed by atoms with Crippen LogP contribution in [0.3, 0.4) is 0 Å². The number of urea groups is 1. The van der Waals surface area contributed by atoms with Gasteiger partial charge in [0.15, 0.2) is 0 Å². The zero-order valence-corrected chi connectivity index (χ0v) is 17.3. The monoisotopic (exact) mass is 437 g/mol. The van der Waals surface area contributed by atoms with E-state index in [-0.39, 0.29) is 16.8 Å². The van der Waals surface area contributed by atoms with Gasteiger partial charge in [0.2, 0.25) is 0 Å². The standard InChI is InChI=1S/C23H27F4N3O/c24-21-9-3-2-8-19(21)18-11-10-17(16-20(18)23(25,26)27)29-22(31)28-12-4-7-15-30-13-5-1-6-14-30/h2-3,8-11,16H,1,4-7,12-15H2,(H2,28,29,31). The van der Waals surface area contributed by atoms with E-state index < -0.39 is 23.6 Å². The third-order valence-electron chi connectivity index (χ3n) is 5.38. The topological polar surface area (TPSA) is 44.4 Å². The van der Waals surface area contributed by atoms with Gasteiger partial charge in [-0.05, 0) is 69.1 Å². The first-order chi connectivity index (χ1) is 14.8. The lowest BCUT2D eigenvalue weighted by molar-refractivity contribution is -0.137. The second-order valence-electron chi connectivity index (χ2n) is 7.73. The normalized spacial score (nSPS) is 15.0. The molecule has 4 nitrogen and oxygen atoms in total. The van der Waals surface area contributed by atoms with Gasteiger partial charge in [-0.15, -0.1) is 0 Å². The molecule has 1 aliphatic heterocycles. The molecule has 0 atom stereocenters. The summed E-state index contributed by atoms with van der Waals surface area (Å²) in [5.41, 5.74) is -1.41. The van der Waals surface area contributed by atoms with Crippen LogP contribution in [0.4, 0.5) is 28.0 Å². The fraction of sp³-hybridized carbons (Fsp3) is 0.435. The number of hydrogen-bond acceptors (Lipinski definition) is 2. The number of benzene rings is 2. The molecule has 0 spiro atoms. The lowest BCUT2D eigenvalue weighted by atomic mass is 9.98. The average molecular weight is 437 g/mol. The highest BCUT2D eigenvalue weighted by Gasteiger charge is 2.34. The van der Waals surface area contributed by atoms with Crippen LogP contribution in [0.15, 0.2) is 42.5 Å². The summed E-state index contributed by atoms with van der Waals surface area (Å²) in [6.07, 6.45) is 0.808. The van der Waals surface area contributed by atoms with Crippen LogP contribution in [0.25, 0.3) is 11.1 Å². The second-order valence-corrected chi connectivity index (χ2v) is 7.73. The Hall–Kier alpha value is -2.61. The highest BCUT2D eigenvalue weighted by atomic mass is 19.4. The number of amides is 2. The van der Waals surface area contributed by atoms with Gasteiger partial charge >= 0.3 is 12.2 Å². The molecule has 1 heterocycles. The zero-order chi connectivity index (χ0) is 22.3. The molecule has 2 N–H and O–H groups in total. The minimum atomic E-state index is -4.69. The molecule has 0 unspecified atom stereocenters. The number of rotatable bonds is 7. The van der Waals surface area contributed by atoms with Gasteiger partial charge in [0, 0.05) is 17.8 Å². The van der Waals surface area contributed by atoms with Crippen molar-refractivity contribution in [3.8, 4) is 11.1 Å². The minimum Gasteiger partial charge on any atom is -0.338 e. The van der Waals surface area contributed by atoms with Crippen LogP contribution < -0.4 is 10.6 Å². The van der Waals surface area contributed by atoms with Crippen molar-refractivity contribution in [3.63, 3.8) is 0 Å². The predicted octanol–water partition coefficient (Wildman–Crippen LogP) is 5.90. The van der Waals surface area contributed by atoms with Crippen LogP contribution in [-0.2, 0) is 6.18 Å². The van der Waals surface area contributed by atoms with Crippen LogP contribution in [0, 0.1) is 5.82 Å². The Kier molecular flexibility index (Phi) is 7.90. The highest BCUT2D eigenvalue weighted by molar-refractivity contribution is 5.90. The van der Waals surface area contributed by atoms with Crippen LogP contribution in [0.1, 0.15) is 37.7 Å². The van der Waals surface area contributed by atoms with Gasteiger partial charge in [0.05, 0.1) is 5.56 Å². The summed E-state index contributed by atoms with van der Waals surface area (Å²) in [5.74, 6) is -0.740. The summed E-state index contributed by atoms with van der Waals surface area (Å²) in [5, 5.41) is 5.11. The number of unbranched alkanes of at least 4 members (excludes halogenated alkanes) is 1. The van der Waals surface area contributed by atoms with E-state index in [1.165, 1.54) is 49.6 Å². The molecule has 0 bridgehead atoms. The van der Waals surface area contributed by atoms with E-state index in [9.17, 15) is 22.4 Å². The third-order valence-corrected chi connectivity index (χ3v) is 5.38. The number of likely N-dealkylation sites (tertiary alicyclic amines) is 1. The molecule has 8 heteroatoms. The van der Waals surface area contributed by atoms with Crippen molar-refractivity contribution in [3.05, 3.63) is 53.8 Å². The molecule has 0 aliphatic carbocycles. The Morgan fingerprint density at radius 1 is 0.968 bits per heavy atom. The Morgan fingerprint density at radius 3 is 2.42 bits per heavy atom. The number of carbonyl (C=O) groups is 1. The molecule has 1 fully saturated rings. The SMILES string of the molecule is O=C(NCCCCN1CCCCC1)Nc1ccc(-c2ccccc2F)c(C(F)(F)F)c1. The molecule has 1 aliphatic rings. The fourth-order valence-electron chi connectivity index (χ4n) is 3.79. The number of hydrogen-bond donors (Lipinski definition) is 2. The maximum absolute atomic E-state index is 14.0. The lowest BCUT2D eigenvalue weighted by Crippen LogP contribution is -2.32. The first kappa shape index (κ1) is 23.1. The summed E-state index contributed by atoms with van der Waals surface area (Å²) in [4.78, 5) is 14.5. The number of carbonyl (C=O) groups excluding carboxylic acids is 1. The summed E-state index contributed by atoms with van der Waals surface area (Å²) in [6, 6.07) is 8.08. The molecule has 0 saturated carbocycles. The molecule has 168 valence electrons. The molecule has 2 aromatic carbocycles. The smallest absolute Gasteiger partial charge is 0.338 e. The first-order valence-corrected chi connectivity index (χ1v) is 10.6. The van der Waals surface area contributed by atoms with E-state index in [0.717, 1.165) is 44.6 Å². The fourth-order valence-corrected chi connectivity index (χ4v) is 3.79. The van der Waals surface area contributed by atoms with E-state index in [0.29, 0.717) is 6.54 Å². The van der Waals surface area contributed by atoms with Crippen molar-refractivity contribution in [2.24, 2.45) is 0 Å². The third kappa shape index (κ3) is 6.69. The van der Waals surface area contributed by atoms with Gasteiger partial charge in [-0.3, -0.25) is 0 Å². The molecule has 31 heavy (non-hydrogen) atoms. The van der Waals surface area contributed by atoms with E-state index in [1.807, 2.05) is 0 Å². The zero-order valence-electron chi connectivity index (χ0n) is 17.3. The summed E-state index contributed by atoms with van der Waals surface area (Å²) in [7, 11) is 0. The largest absolute Gasteiger partial charge is 0.417 e. The van der Waals surface area contributed by atoms with Gasteiger partial charge in [0.25, 0.3) is 0 Å². The molecule has 3 rings (SSSR count). The molecule has 0 radical (unpaired) electrons. The van der Waals surface area contributed by atoms with E-state index >= 15 is 0 Å². The number of halogens is 4. The van der Waals surface area contributed by atoms with Crippen molar-refractivity contribution >= 4 is 11.7 Å². The highest BCUT2D eigenvalue weighted by Crippen LogP contribution is 2.39. The number of alkyl halides is 3. The van der Waals surface area contributed by atoms with Crippen LogP contribution in [-0.4, -0.2) is 37.1 Å². The molecular formula is C23H27F4N3O. The van der Waals surface area contributed by atoms with Gasteiger partial charge in [-0.1, -0.05) is 30.7 Å². The van der Waals surface area contributed by atoms with Gasteiger partial charge in [0.1, 0.15) is 5.82 Å². The van der Waals surface area contributed by atoms with Crippen LogP contribution in [0.5, 0.6) is 0 Å². The number of piperidine rings is 1. The van der Waals surface area contributed by atoms with E-state index in [1.54, 1.807) is 0 Å². The number of nitrogens with one attached hydrogen (secondary N) is 2. The molecule has 1 saturated heterocycles. The molecular weight excluding hydrogens is 410 g/mol. The molecule has 2 aromatic rings. The van der Waals surface area contributed by atoms with Gasteiger partial charge in [-0.25, -0.2) is 9.18 Å². The molecule has 0 aromatic heterocycles. The quantitative estimate of drug-likeness (QED) is 0.419. The Morgan fingerprint density at radius 2 is 1.71 bits per heavy atom. The van der Waals surface area contributed by atoms with Crippen molar-refractivity contribution in [2.75, 3.05) is 31.5 Å². The summed E-state index contributed by atoms with van der Waals surface area (Å²) in [6.45, 7) is 3.69. The second kappa shape index (κ2) is 10.6. The van der Waals surface area contributed by atoms with Crippen molar-refractivity contribution < 1.29 is 22.4 Å². The van der Waals surface area contributed by atoms with E-state index in [2.05, 4.69) is 15.5 Å². The first-order valence-electron chi connectivity index (χ1n) is 10.6. The maximum Gasteiger partial charge on any atom is 0.417 e. The minimum absolute atomic E-state index is 0.00164. The van der Waals surface area contributed by atoms with Gasteiger partial charge in [-0.2, -0.15) is 13.2 Å². The molecule has 2 amide bonds. The van der Waals surface area contributed by atoms with Crippen LogP contribution >= 0.6 is 0 Å². The Balaban J connectivity index is 1.56. The Labute approximate surface area is 179 Å². The number of nitrogens with zero attached hydrogens (tertiary/aromatic N) is 1. The van der Waals surface area contributed by atoms with Crippen LogP contribution in [0.2, 0.25) is 0 Å². The van der Waals surface area contributed by atoms with Crippen molar-refractivity contribution in [1.82, 2.24) is 10.2 Å². The van der Waals surface area contributed by atoms with Crippen molar-refractivity contribution in [2.45, 2.75) is 38.3 Å². The maximum atomic E-state index is 14.0. The Bertz CT molecular complexity index is 879.